The summed E-state index contributed by atoms with van der Waals surface area (Å²) in [5, 5.41) is 3.28. The van der Waals surface area contributed by atoms with Crippen molar-refractivity contribution in [1.82, 2.24) is 0 Å². The molecular formula is C9H10F2N2. The molecule has 0 aromatic heterocycles. The van der Waals surface area contributed by atoms with Crippen LogP contribution in [0.4, 0.5) is 8.78 Å². The normalized spacial score (nSPS) is 10.9. The van der Waals surface area contributed by atoms with Gasteiger partial charge in [-0.15, -0.1) is 0 Å². The Labute approximate surface area is 75.1 Å². The molecule has 0 aliphatic carbocycles. The summed E-state index contributed by atoms with van der Waals surface area (Å²) in [6, 6.07) is 3.53. The van der Waals surface area contributed by atoms with E-state index in [9.17, 15) is 8.78 Å². The summed E-state index contributed by atoms with van der Waals surface area (Å²) in [4.78, 5) is 0. The third-order valence-corrected chi connectivity index (χ3v) is 1.66. The van der Waals surface area contributed by atoms with Crippen molar-refractivity contribution in [2.75, 3.05) is 0 Å². The minimum atomic E-state index is -0.561. The average molecular weight is 184 g/mol. The Balaban J connectivity index is 2.66. The van der Waals surface area contributed by atoms with E-state index in [0.717, 1.165) is 6.07 Å². The fourth-order valence-electron chi connectivity index (χ4n) is 1.02. The van der Waals surface area contributed by atoms with Crippen LogP contribution < -0.4 is 5.84 Å². The van der Waals surface area contributed by atoms with Crippen LogP contribution >= 0.6 is 0 Å². The van der Waals surface area contributed by atoms with Gasteiger partial charge in [0.05, 0.1) is 0 Å². The van der Waals surface area contributed by atoms with Crippen molar-refractivity contribution >= 4 is 6.21 Å². The molecule has 70 valence electrons. The number of halogens is 2. The highest BCUT2D eigenvalue weighted by molar-refractivity contribution is 5.57. The monoisotopic (exact) mass is 184 g/mol. The molecule has 1 rings (SSSR count). The second-order valence-electron chi connectivity index (χ2n) is 2.61. The summed E-state index contributed by atoms with van der Waals surface area (Å²) < 4.78 is 25.4. The first kappa shape index (κ1) is 9.64. The summed E-state index contributed by atoms with van der Waals surface area (Å²) in [6.07, 6.45) is 2.52. The molecule has 4 heteroatoms. The number of aryl methyl sites for hydroxylation is 1. The van der Waals surface area contributed by atoms with E-state index in [1.807, 2.05) is 0 Å². The molecule has 2 nitrogen and oxygen atoms in total. The number of hydrogen-bond donors (Lipinski definition) is 1. The van der Waals surface area contributed by atoms with Gasteiger partial charge in [-0.2, -0.15) is 5.10 Å². The first-order valence-electron chi connectivity index (χ1n) is 3.89. The highest BCUT2D eigenvalue weighted by Gasteiger charge is 2.01. The third kappa shape index (κ3) is 2.82. The largest absolute Gasteiger partial charge is 0.324 e. The highest BCUT2D eigenvalue weighted by atomic mass is 19.1. The Hall–Kier alpha value is -1.45. The number of benzene rings is 1. The molecule has 0 heterocycles. The zero-order valence-corrected chi connectivity index (χ0v) is 7.00. The SMILES string of the molecule is NN=CCCc1ccc(F)cc1F. The van der Waals surface area contributed by atoms with Gasteiger partial charge in [0.15, 0.2) is 0 Å². The summed E-state index contributed by atoms with van der Waals surface area (Å²) in [7, 11) is 0. The van der Waals surface area contributed by atoms with E-state index in [1.54, 1.807) is 0 Å². The zero-order chi connectivity index (χ0) is 9.68. The topological polar surface area (TPSA) is 38.4 Å². The van der Waals surface area contributed by atoms with Crippen LogP contribution in [-0.4, -0.2) is 6.21 Å². The van der Waals surface area contributed by atoms with Crippen LogP contribution in [0.1, 0.15) is 12.0 Å². The minimum absolute atomic E-state index is 0.473. The molecule has 0 atom stereocenters. The van der Waals surface area contributed by atoms with Crippen LogP contribution in [0.2, 0.25) is 0 Å². The van der Waals surface area contributed by atoms with Crippen LogP contribution in [-0.2, 0) is 6.42 Å². The van der Waals surface area contributed by atoms with Crippen molar-refractivity contribution in [3.8, 4) is 0 Å². The van der Waals surface area contributed by atoms with Crippen LogP contribution in [0.5, 0.6) is 0 Å². The molecule has 0 spiro atoms. The van der Waals surface area contributed by atoms with Gasteiger partial charge in [-0.1, -0.05) is 6.07 Å². The Morgan fingerprint density at radius 3 is 2.77 bits per heavy atom. The Bertz CT molecular complexity index is 310. The summed E-state index contributed by atoms with van der Waals surface area (Å²) in [6.45, 7) is 0. The molecule has 13 heavy (non-hydrogen) atoms. The molecule has 2 N–H and O–H groups in total. The molecule has 0 saturated carbocycles. The van der Waals surface area contributed by atoms with Gasteiger partial charge >= 0.3 is 0 Å². The third-order valence-electron chi connectivity index (χ3n) is 1.66. The first-order chi connectivity index (χ1) is 6.24. The number of hydrogen-bond acceptors (Lipinski definition) is 2. The van der Waals surface area contributed by atoms with Crippen LogP contribution in [0.25, 0.3) is 0 Å². The van der Waals surface area contributed by atoms with Gasteiger partial charge < -0.3 is 5.84 Å². The predicted octanol–water partition coefficient (Wildman–Crippen LogP) is 1.84. The van der Waals surface area contributed by atoms with Crippen LogP contribution in [0, 0.1) is 11.6 Å². The maximum Gasteiger partial charge on any atom is 0.129 e. The maximum absolute atomic E-state index is 13.0. The summed E-state index contributed by atoms with van der Waals surface area (Å²) >= 11 is 0. The fourth-order valence-corrected chi connectivity index (χ4v) is 1.02. The lowest BCUT2D eigenvalue weighted by Gasteiger charge is -1.99. The average Bonchev–Trinajstić information content (AvgIpc) is 2.09. The van der Waals surface area contributed by atoms with Crippen molar-refractivity contribution in [1.29, 1.82) is 0 Å². The molecule has 0 amide bonds. The van der Waals surface area contributed by atoms with Crippen molar-refractivity contribution in [3.63, 3.8) is 0 Å². The predicted molar refractivity (Wildman–Crippen MR) is 47.4 cm³/mol. The molecule has 1 aromatic rings. The van der Waals surface area contributed by atoms with Crippen molar-refractivity contribution < 1.29 is 8.78 Å². The summed E-state index contributed by atoms with van der Waals surface area (Å²) in [5.74, 6) is 3.79. The number of hydrazone groups is 1. The smallest absolute Gasteiger partial charge is 0.129 e. The van der Waals surface area contributed by atoms with E-state index < -0.39 is 11.6 Å². The summed E-state index contributed by atoms with van der Waals surface area (Å²) in [5.41, 5.74) is 0.473. The standard InChI is InChI=1S/C9H10F2N2/c10-8-4-3-7(9(11)6-8)2-1-5-13-12/h3-6H,1-2,12H2. The lowest BCUT2D eigenvalue weighted by molar-refractivity contribution is 0.572. The zero-order valence-electron chi connectivity index (χ0n) is 7.00. The molecule has 0 bridgehead atoms. The van der Waals surface area contributed by atoms with E-state index in [-0.39, 0.29) is 0 Å². The van der Waals surface area contributed by atoms with Gasteiger partial charge in [0.1, 0.15) is 11.6 Å². The first-order valence-corrected chi connectivity index (χ1v) is 3.89. The Kier molecular flexibility index (Phi) is 3.37. The molecule has 0 saturated heterocycles. The van der Waals surface area contributed by atoms with E-state index in [4.69, 9.17) is 5.84 Å². The van der Waals surface area contributed by atoms with Gasteiger partial charge in [0, 0.05) is 12.3 Å². The highest BCUT2D eigenvalue weighted by Crippen LogP contribution is 2.10. The van der Waals surface area contributed by atoms with E-state index in [2.05, 4.69) is 5.10 Å². The number of nitrogens with zero attached hydrogens (tertiary/aromatic N) is 1. The Morgan fingerprint density at radius 2 is 2.15 bits per heavy atom. The molecule has 1 aromatic carbocycles. The van der Waals surface area contributed by atoms with E-state index >= 15 is 0 Å². The molecule has 0 fully saturated rings. The molecular weight excluding hydrogens is 174 g/mol. The van der Waals surface area contributed by atoms with Crippen LogP contribution in [0.3, 0.4) is 0 Å². The molecule has 0 unspecified atom stereocenters. The molecule has 0 radical (unpaired) electrons. The quantitative estimate of drug-likeness (QED) is 0.434. The van der Waals surface area contributed by atoms with Gasteiger partial charge in [-0.05, 0) is 24.5 Å². The van der Waals surface area contributed by atoms with Crippen LogP contribution in [0.15, 0.2) is 23.3 Å². The Morgan fingerprint density at radius 1 is 1.38 bits per heavy atom. The molecule has 0 aliphatic heterocycles. The lowest BCUT2D eigenvalue weighted by atomic mass is 10.1. The van der Waals surface area contributed by atoms with Crippen molar-refractivity contribution in [2.45, 2.75) is 12.8 Å². The molecule has 0 aliphatic rings. The van der Waals surface area contributed by atoms with Gasteiger partial charge in [0.25, 0.3) is 0 Å². The van der Waals surface area contributed by atoms with Crippen molar-refractivity contribution in [3.05, 3.63) is 35.4 Å². The fraction of sp³-hybridized carbons (Fsp3) is 0.222. The number of rotatable bonds is 3. The minimum Gasteiger partial charge on any atom is -0.324 e. The second kappa shape index (κ2) is 4.54. The van der Waals surface area contributed by atoms with Crippen molar-refractivity contribution in [2.24, 2.45) is 10.9 Å². The number of nitrogens with two attached hydrogens (primary N) is 1. The van der Waals surface area contributed by atoms with Gasteiger partial charge in [-0.3, -0.25) is 0 Å². The van der Waals surface area contributed by atoms with Gasteiger partial charge in [0.2, 0.25) is 0 Å². The second-order valence-corrected chi connectivity index (χ2v) is 2.61. The van der Waals surface area contributed by atoms with Gasteiger partial charge in [-0.25, -0.2) is 8.78 Å². The van der Waals surface area contributed by atoms with E-state index in [0.29, 0.717) is 18.4 Å². The maximum atomic E-state index is 13.0. The lowest BCUT2D eigenvalue weighted by Crippen LogP contribution is -1.93. The van der Waals surface area contributed by atoms with E-state index in [1.165, 1.54) is 18.3 Å².